The zero-order chi connectivity index (χ0) is 25.3. The maximum Gasteiger partial charge on any atom is 0.416 e. The fourth-order valence-electron chi connectivity index (χ4n) is 2.93. The topological polar surface area (TPSA) is 70.6 Å². The zero-order valence-electron chi connectivity index (χ0n) is 17.5. The van der Waals surface area contributed by atoms with Crippen LogP contribution in [-0.2, 0) is 30.8 Å². The van der Waals surface area contributed by atoms with Crippen LogP contribution >= 0.6 is 12.6 Å². The van der Waals surface area contributed by atoms with Crippen molar-refractivity contribution in [1.82, 2.24) is 14.3 Å². The van der Waals surface area contributed by atoms with Gasteiger partial charge in [0.2, 0.25) is 0 Å². The molecule has 34 heavy (non-hydrogen) atoms. The highest BCUT2D eigenvalue weighted by Crippen LogP contribution is 2.36. The van der Waals surface area contributed by atoms with Gasteiger partial charge in [-0.2, -0.15) is 26.3 Å². The minimum Gasteiger partial charge on any atom is -0.467 e. The number of thiol groups is 1. The van der Waals surface area contributed by atoms with E-state index in [1.807, 2.05) is 0 Å². The normalized spacial score (nSPS) is 12.7. The Balaban J connectivity index is 1.91. The van der Waals surface area contributed by atoms with E-state index in [4.69, 9.17) is 9.57 Å². The van der Waals surface area contributed by atoms with Crippen molar-refractivity contribution >= 4 is 17.7 Å². The molecule has 0 fully saturated rings. The van der Waals surface area contributed by atoms with Gasteiger partial charge in [-0.25, -0.2) is 14.0 Å². The van der Waals surface area contributed by atoms with E-state index in [2.05, 4.69) is 22.9 Å². The maximum atomic E-state index is 13.1. The van der Waals surface area contributed by atoms with Crippen LogP contribution in [0.5, 0.6) is 6.01 Å². The second kappa shape index (κ2) is 9.44. The van der Waals surface area contributed by atoms with Crippen LogP contribution in [0.4, 0.5) is 26.3 Å². The van der Waals surface area contributed by atoms with E-state index in [-0.39, 0.29) is 18.7 Å². The van der Waals surface area contributed by atoms with Crippen molar-refractivity contribution in [3.05, 3.63) is 75.2 Å². The average Bonchev–Trinajstić information content (AvgIpc) is 3.06. The smallest absolute Gasteiger partial charge is 0.416 e. The lowest BCUT2D eigenvalue weighted by molar-refractivity contribution is -0.143. The van der Waals surface area contributed by atoms with Crippen molar-refractivity contribution < 1.29 is 35.9 Å². The molecule has 0 saturated heterocycles. The first-order chi connectivity index (χ1) is 15.8. The molecule has 14 heteroatoms. The number of alkyl halides is 6. The minimum atomic E-state index is -5.01. The van der Waals surface area contributed by atoms with E-state index in [1.54, 1.807) is 24.3 Å². The minimum absolute atomic E-state index is 0.000671. The Morgan fingerprint density at radius 1 is 1.06 bits per heavy atom. The van der Waals surface area contributed by atoms with E-state index in [0.29, 0.717) is 23.4 Å². The molecule has 0 aliphatic heterocycles. The summed E-state index contributed by atoms with van der Waals surface area (Å²) in [5.74, 6) is 0. The number of methoxy groups -OCH3 is 1. The summed E-state index contributed by atoms with van der Waals surface area (Å²) >= 11 is 3.90. The van der Waals surface area contributed by atoms with Gasteiger partial charge in [0.25, 0.3) is 0 Å². The molecule has 3 rings (SSSR count). The van der Waals surface area contributed by atoms with Crippen molar-refractivity contribution in [1.29, 1.82) is 0 Å². The number of aromatic nitrogens is 3. The summed E-state index contributed by atoms with van der Waals surface area (Å²) in [5, 5.41) is 6.97. The van der Waals surface area contributed by atoms with Crippen LogP contribution in [0, 0.1) is 0 Å². The number of hydrogen-bond acceptors (Lipinski definition) is 5. The van der Waals surface area contributed by atoms with Crippen molar-refractivity contribution in [3.63, 3.8) is 0 Å². The Labute approximate surface area is 193 Å². The third kappa shape index (κ3) is 5.38. The third-order valence-electron chi connectivity index (χ3n) is 4.53. The lowest BCUT2D eigenvalue weighted by atomic mass is 10.1. The first-order valence-corrected chi connectivity index (χ1v) is 9.74. The molecule has 0 radical (unpaired) electrons. The van der Waals surface area contributed by atoms with Gasteiger partial charge >= 0.3 is 24.1 Å². The van der Waals surface area contributed by atoms with Gasteiger partial charge in [0.1, 0.15) is 11.7 Å². The first kappa shape index (κ1) is 25.2. The molecular formula is C20H16F6N4O3S. The molecule has 0 bridgehead atoms. The van der Waals surface area contributed by atoms with Gasteiger partial charge in [-0.05, 0) is 24.3 Å². The summed E-state index contributed by atoms with van der Waals surface area (Å²) in [6.07, 6.45) is -10.0. The van der Waals surface area contributed by atoms with Gasteiger partial charge in [0.05, 0.1) is 23.9 Å². The Kier molecular flexibility index (Phi) is 7.00. The number of ether oxygens (including phenoxy) is 1. The van der Waals surface area contributed by atoms with Crippen LogP contribution in [0.3, 0.4) is 0 Å². The molecular weight excluding hydrogens is 490 g/mol. The largest absolute Gasteiger partial charge is 0.467 e. The number of hydrogen-bond donors (Lipinski definition) is 1. The highest BCUT2D eigenvalue weighted by Gasteiger charge is 2.37. The molecule has 0 saturated carbocycles. The highest BCUT2D eigenvalue weighted by molar-refractivity contribution is 7.97. The standard InChI is InChI=1S/C20H16F6N4O3S/c1-29-18(31)30(17(27-29)32-2)15-6-4-3-5-11(15)10-33-28-16(34)12-7-13(19(21,22)23)9-14(8-12)20(24,25)26/h3-9H,10H2,1-2H3,(H,28,34). The van der Waals surface area contributed by atoms with Crippen LogP contribution in [0.2, 0.25) is 0 Å². The fraction of sp³-hybridized carbons (Fsp3) is 0.250. The number of halogens is 6. The number of nitrogens with zero attached hydrogens (tertiary/aromatic N) is 4. The van der Waals surface area contributed by atoms with Crippen LogP contribution in [0.1, 0.15) is 22.3 Å². The summed E-state index contributed by atoms with van der Waals surface area (Å²) in [4.78, 5) is 17.5. The Morgan fingerprint density at radius 3 is 2.21 bits per heavy atom. The summed E-state index contributed by atoms with van der Waals surface area (Å²) in [6, 6.07) is 7.36. The van der Waals surface area contributed by atoms with Gasteiger partial charge in [-0.15, -0.1) is 17.7 Å². The van der Waals surface area contributed by atoms with Crippen LogP contribution in [-0.4, -0.2) is 26.5 Å². The predicted molar refractivity (Wildman–Crippen MR) is 112 cm³/mol. The predicted octanol–water partition coefficient (Wildman–Crippen LogP) is 4.43. The second-order valence-electron chi connectivity index (χ2n) is 6.84. The molecule has 3 aromatic rings. The number of oxime groups is 1. The van der Waals surface area contributed by atoms with Crippen LogP contribution < -0.4 is 10.4 Å². The lowest BCUT2D eigenvalue weighted by Crippen LogP contribution is -2.22. The van der Waals surface area contributed by atoms with Gasteiger partial charge in [-0.1, -0.05) is 23.4 Å². The zero-order valence-corrected chi connectivity index (χ0v) is 18.4. The van der Waals surface area contributed by atoms with Gasteiger partial charge < -0.3 is 9.57 Å². The Bertz CT molecular complexity index is 1250. The monoisotopic (exact) mass is 506 g/mol. The van der Waals surface area contributed by atoms with E-state index in [9.17, 15) is 31.1 Å². The maximum absolute atomic E-state index is 13.1. The molecule has 1 heterocycles. The quantitative estimate of drug-likeness (QED) is 0.177. The molecule has 0 amide bonds. The molecule has 0 aliphatic carbocycles. The Morgan fingerprint density at radius 2 is 1.65 bits per heavy atom. The van der Waals surface area contributed by atoms with Crippen LogP contribution in [0.25, 0.3) is 5.69 Å². The molecule has 0 unspecified atom stereocenters. The van der Waals surface area contributed by atoms with E-state index >= 15 is 0 Å². The SMILES string of the molecule is COc1nn(C)c(=O)n1-c1ccccc1CO/N=C(\S)c1cc(C(F)(F)F)cc(C(F)(F)F)c1. The van der Waals surface area contributed by atoms with Crippen molar-refractivity contribution in [2.45, 2.75) is 19.0 Å². The molecule has 0 spiro atoms. The number of rotatable bonds is 6. The summed E-state index contributed by atoms with van der Waals surface area (Å²) in [5.41, 5.74) is -3.34. The lowest BCUT2D eigenvalue weighted by Gasteiger charge is -2.14. The van der Waals surface area contributed by atoms with E-state index in [1.165, 1.54) is 14.2 Å². The third-order valence-corrected chi connectivity index (χ3v) is 4.87. The van der Waals surface area contributed by atoms with Crippen LogP contribution in [0.15, 0.2) is 52.4 Å². The van der Waals surface area contributed by atoms with Gasteiger partial charge in [-0.3, -0.25) is 0 Å². The summed E-state index contributed by atoms with van der Waals surface area (Å²) in [7, 11) is 2.74. The van der Waals surface area contributed by atoms with Crippen molar-refractivity contribution in [3.8, 4) is 11.7 Å². The molecule has 7 nitrogen and oxygen atoms in total. The van der Waals surface area contributed by atoms with Gasteiger partial charge in [0.15, 0.2) is 0 Å². The molecule has 1 aromatic heterocycles. The first-order valence-electron chi connectivity index (χ1n) is 9.30. The second-order valence-corrected chi connectivity index (χ2v) is 7.26. The number of aryl methyl sites for hydroxylation is 1. The molecule has 0 atom stereocenters. The molecule has 0 N–H and O–H groups in total. The number of para-hydroxylation sites is 1. The molecule has 182 valence electrons. The van der Waals surface area contributed by atoms with Crippen molar-refractivity contribution in [2.24, 2.45) is 12.2 Å². The van der Waals surface area contributed by atoms with E-state index in [0.717, 1.165) is 9.25 Å². The van der Waals surface area contributed by atoms with Gasteiger partial charge in [0, 0.05) is 18.2 Å². The van der Waals surface area contributed by atoms with E-state index < -0.39 is 39.8 Å². The molecule has 0 aliphatic rings. The van der Waals surface area contributed by atoms with Crippen molar-refractivity contribution in [2.75, 3.05) is 7.11 Å². The fourth-order valence-corrected chi connectivity index (χ4v) is 3.12. The number of benzene rings is 2. The summed E-state index contributed by atoms with van der Waals surface area (Å²) in [6.45, 7) is -0.296. The summed E-state index contributed by atoms with van der Waals surface area (Å²) < 4.78 is 85.7. The highest BCUT2D eigenvalue weighted by atomic mass is 32.1. The molecule has 2 aromatic carbocycles. The average molecular weight is 506 g/mol. The Hall–Kier alpha value is -3.42.